The summed E-state index contributed by atoms with van der Waals surface area (Å²) in [5, 5.41) is 5.45. The minimum absolute atomic E-state index is 0.107. The molecular weight excluding hydrogens is 763 g/mol. The monoisotopic (exact) mass is 819 g/mol. The van der Waals surface area contributed by atoms with Crippen molar-refractivity contribution in [1.29, 1.82) is 0 Å². The number of carbonyl (C=O) groups is 4. The summed E-state index contributed by atoms with van der Waals surface area (Å²) in [6.45, 7) is 8.85. The van der Waals surface area contributed by atoms with Gasteiger partial charge in [-0.1, -0.05) is 64.1 Å². The molecular formula is C45H57N9O6. The second kappa shape index (κ2) is 16.7. The van der Waals surface area contributed by atoms with E-state index in [0.29, 0.717) is 25.2 Å². The number of nitrogens with one attached hydrogen (secondary N) is 4. The summed E-state index contributed by atoms with van der Waals surface area (Å²) in [5.41, 5.74) is 9.00. The van der Waals surface area contributed by atoms with Crippen LogP contribution in [0.15, 0.2) is 48.8 Å². The van der Waals surface area contributed by atoms with Crippen molar-refractivity contribution in [2.45, 2.75) is 102 Å². The van der Waals surface area contributed by atoms with Gasteiger partial charge in [-0.15, -0.1) is 0 Å². The van der Waals surface area contributed by atoms with E-state index in [1.54, 1.807) is 0 Å². The van der Waals surface area contributed by atoms with E-state index in [-0.39, 0.29) is 35.7 Å². The number of benzene rings is 2. The van der Waals surface area contributed by atoms with Gasteiger partial charge in [0.05, 0.1) is 50.1 Å². The maximum absolute atomic E-state index is 13.8. The van der Waals surface area contributed by atoms with E-state index < -0.39 is 24.3 Å². The van der Waals surface area contributed by atoms with Gasteiger partial charge in [0, 0.05) is 30.7 Å². The SMILES string of the molecule is COC(=O)N[C@H](C(=O)N1CCC[C@H]1c1ncc(-c2ccc(-c3ccc(-c4cnc([C@@H]5CCCN5C(=O)[C@@H](NC(=O)OC)C(C)C)[nH]4)c4c3C3CCC4N3C)cc2)[nH]1)C(C)C. The van der Waals surface area contributed by atoms with E-state index in [2.05, 4.69) is 68.9 Å². The molecule has 15 heteroatoms. The molecule has 318 valence electrons. The molecule has 4 N–H and O–H groups in total. The first-order chi connectivity index (χ1) is 28.9. The van der Waals surface area contributed by atoms with Crippen molar-refractivity contribution in [2.75, 3.05) is 34.4 Å². The van der Waals surface area contributed by atoms with Crippen LogP contribution in [0.1, 0.15) is 113 Å². The van der Waals surface area contributed by atoms with Crippen LogP contribution >= 0.6 is 0 Å². The maximum atomic E-state index is 13.8. The number of methoxy groups -OCH3 is 2. The number of carbonyl (C=O) groups excluding carboxylic acids is 4. The molecule has 0 saturated carbocycles. The van der Waals surface area contributed by atoms with Crippen LogP contribution in [0.2, 0.25) is 0 Å². The molecule has 6 atom stereocenters. The summed E-state index contributed by atoms with van der Waals surface area (Å²) in [5.74, 6) is 1.01. The van der Waals surface area contributed by atoms with Crippen molar-refractivity contribution < 1.29 is 28.7 Å². The van der Waals surface area contributed by atoms with Gasteiger partial charge in [0.15, 0.2) is 0 Å². The van der Waals surface area contributed by atoms with Crippen molar-refractivity contribution in [3.63, 3.8) is 0 Å². The van der Waals surface area contributed by atoms with Crippen LogP contribution < -0.4 is 10.6 Å². The number of hydrogen-bond acceptors (Lipinski definition) is 9. The zero-order valence-corrected chi connectivity index (χ0v) is 35.6. The summed E-state index contributed by atoms with van der Waals surface area (Å²) >= 11 is 0. The number of imidazole rings is 2. The third kappa shape index (κ3) is 7.41. The predicted molar refractivity (Wildman–Crippen MR) is 225 cm³/mol. The summed E-state index contributed by atoms with van der Waals surface area (Å²) in [6, 6.07) is 11.8. The number of amides is 4. The van der Waals surface area contributed by atoms with Crippen LogP contribution in [0.3, 0.4) is 0 Å². The number of ether oxygens (including phenoxy) is 2. The normalized spacial score (nSPS) is 22.0. The van der Waals surface area contributed by atoms with Gasteiger partial charge < -0.3 is 39.9 Å². The summed E-state index contributed by atoms with van der Waals surface area (Å²) in [6.07, 6.45) is 7.96. The summed E-state index contributed by atoms with van der Waals surface area (Å²) in [7, 11) is 4.82. The van der Waals surface area contributed by atoms with Crippen molar-refractivity contribution in [1.82, 2.24) is 45.3 Å². The fraction of sp³-hybridized carbons (Fsp3) is 0.511. The lowest BCUT2D eigenvalue weighted by molar-refractivity contribution is -0.136. The predicted octanol–water partition coefficient (Wildman–Crippen LogP) is 7.04. The Morgan fingerprint density at radius 2 is 1.08 bits per heavy atom. The van der Waals surface area contributed by atoms with Gasteiger partial charge in [-0.3, -0.25) is 14.5 Å². The number of alkyl carbamates (subject to hydrolysis) is 2. The molecule has 4 aliphatic rings. The molecule has 15 nitrogen and oxygen atoms in total. The van der Waals surface area contributed by atoms with Crippen LogP contribution in [0.4, 0.5) is 9.59 Å². The molecule has 0 aliphatic carbocycles. The Kier molecular flexibility index (Phi) is 11.5. The van der Waals surface area contributed by atoms with E-state index in [1.807, 2.05) is 49.9 Å². The lowest BCUT2D eigenvalue weighted by Gasteiger charge is -2.30. The standard InChI is InChI=1S/C45H57N9O6/c1-24(2)38(50-44(57)59-6)42(55)53-20-8-10-34(53)40-46-22-30(48-40)27-14-12-26(13-15-27)28-16-17-29(37-33-19-18-32(36(28)37)52(33)5)31-23-47-41(49-31)35-11-9-21-54(35)43(56)39(25(3)4)51-45(58)60-7/h12-17,22-25,32-35,38-39H,8-11,18-21H2,1-7H3,(H,46,48)(H,47,49)(H,50,57)(H,51,58)/t32?,33?,34-,35-,38-,39-/m0/s1. The Morgan fingerprint density at radius 1 is 0.633 bits per heavy atom. The fourth-order valence-electron chi connectivity index (χ4n) is 9.99. The molecule has 4 amide bonds. The molecule has 0 radical (unpaired) electrons. The highest BCUT2D eigenvalue weighted by Gasteiger charge is 2.45. The molecule has 3 fully saturated rings. The molecule has 4 aromatic rings. The first-order valence-corrected chi connectivity index (χ1v) is 21.3. The lowest BCUT2D eigenvalue weighted by Crippen LogP contribution is -2.51. The zero-order valence-electron chi connectivity index (χ0n) is 35.6. The molecule has 3 saturated heterocycles. The number of aromatic amines is 2. The van der Waals surface area contributed by atoms with Crippen molar-refractivity contribution >= 4 is 24.0 Å². The molecule has 2 unspecified atom stereocenters. The number of likely N-dealkylation sites (tertiary alicyclic amines) is 2. The van der Waals surface area contributed by atoms with Crippen LogP contribution in [-0.4, -0.2) is 105 Å². The van der Waals surface area contributed by atoms with E-state index in [1.165, 1.54) is 30.9 Å². The summed E-state index contributed by atoms with van der Waals surface area (Å²) < 4.78 is 9.60. The second-order valence-corrected chi connectivity index (χ2v) is 17.3. The van der Waals surface area contributed by atoms with Crippen LogP contribution in [0, 0.1) is 11.8 Å². The Labute approximate surface area is 351 Å². The number of fused-ring (bicyclic) bond motifs is 5. The number of nitrogens with zero attached hydrogens (tertiary/aromatic N) is 5. The van der Waals surface area contributed by atoms with E-state index in [4.69, 9.17) is 19.4 Å². The highest BCUT2D eigenvalue weighted by Crippen LogP contribution is 2.57. The number of rotatable bonds is 11. The first kappa shape index (κ1) is 41.1. The molecule has 2 aromatic heterocycles. The van der Waals surface area contributed by atoms with Crippen molar-refractivity contribution in [3.8, 4) is 33.6 Å². The van der Waals surface area contributed by atoms with Crippen LogP contribution in [-0.2, 0) is 19.1 Å². The van der Waals surface area contributed by atoms with Crippen molar-refractivity contribution in [2.24, 2.45) is 11.8 Å². The summed E-state index contributed by atoms with van der Waals surface area (Å²) in [4.78, 5) is 74.5. The quantitative estimate of drug-likeness (QED) is 0.124. The number of hydrogen-bond donors (Lipinski definition) is 4. The average Bonchev–Trinajstić information content (AvgIpc) is 4.12. The molecule has 2 aromatic carbocycles. The van der Waals surface area contributed by atoms with Gasteiger partial charge in [-0.05, 0) is 85.2 Å². The minimum atomic E-state index is -0.692. The molecule has 4 aliphatic heterocycles. The van der Waals surface area contributed by atoms with Gasteiger partial charge >= 0.3 is 12.2 Å². The smallest absolute Gasteiger partial charge is 0.407 e. The maximum Gasteiger partial charge on any atom is 0.407 e. The first-order valence-electron chi connectivity index (χ1n) is 21.3. The minimum Gasteiger partial charge on any atom is -0.453 e. The third-order valence-corrected chi connectivity index (χ3v) is 13.1. The topological polar surface area (TPSA) is 178 Å². The molecule has 6 heterocycles. The van der Waals surface area contributed by atoms with Gasteiger partial charge in [-0.2, -0.15) is 0 Å². The highest BCUT2D eigenvalue weighted by molar-refractivity contribution is 5.87. The Balaban J connectivity index is 1.03. The lowest BCUT2D eigenvalue weighted by atomic mass is 9.82. The molecule has 8 rings (SSSR count). The highest BCUT2D eigenvalue weighted by atomic mass is 16.5. The van der Waals surface area contributed by atoms with E-state index in [9.17, 15) is 19.2 Å². The zero-order chi connectivity index (χ0) is 42.4. The van der Waals surface area contributed by atoms with Gasteiger partial charge in [0.2, 0.25) is 11.8 Å². The Bertz CT molecular complexity index is 2250. The average molecular weight is 820 g/mol. The molecule has 2 bridgehead atoms. The number of H-pyrrole nitrogens is 2. The Morgan fingerprint density at radius 3 is 1.58 bits per heavy atom. The molecule has 0 spiro atoms. The van der Waals surface area contributed by atoms with Gasteiger partial charge in [-0.25, -0.2) is 19.6 Å². The Hall–Kier alpha value is -5.70. The van der Waals surface area contributed by atoms with Gasteiger partial charge in [0.25, 0.3) is 0 Å². The third-order valence-electron chi connectivity index (χ3n) is 13.1. The van der Waals surface area contributed by atoms with Crippen molar-refractivity contribution in [3.05, 3.63) is 71.6 Å². The van der Waals surface area contributed by atoms with Crippen LogP contribution in [0.5, 0.6) is 0 Å². The second-order valence-electron chi connectivity index (χ2n) is 17.3. The van der Waals surface area contributed by atoms with Crippen LogP contribution in [0.25, 0.3) is 33.6 Å². The molecule has 60 heavy (non-hydrogen) atoms. The number of aromatic nitrogens is 4. The van der Waals surface area contributed by atoms with E-state index >= 15 is 0 Å². The largest absolute Gasteiger partial charge is 0.453 e. The fourth-order valence-corrected chi connectivity index (χ4v) is 9.99. The van der Waals surface area contributed by atoms with Gasteiger partial charge in [0.1, 0.15) is 23.7 Å². The van der Waals surface area contributed by atoms with E-state index in [0.717, 1.165) is 78.3 Å².